The molecule has 154 valence electrons. The third-order valence-corrected chi connectivity index (χ3v) is 4.49. The second kappa shape index (κ2) is 7.65. The van der Waals surface area contributed by atoms with Crippen molar-refractivity contribution in [2.45, 2.75) is 39.2 Å². The molecule has 29 heavy (non-hydrogen) atoms. The number of likely N-dealkylation sites (tertiary alicyclic amines) is 1. The summed E-state index contributed by atoms with van der Waals surface area (Å²) in [7, 11) is 0. The summed E-state index contributed by atoms with van der Waals surface area (Å²) in [6.45, 7) is 5.16. The van der Waals surface area contributed by atoms with Crippen LogP contribution in [0.5, 0.6) is 0 Å². The fourth-order valence-electron chi connectivity index (χ4n) is 3.25. The topological polar surface area (TPSA) is 110 Å². The second-order valence-electron chi connectivity index (χ2n) is 7.90. The number of fused-ring (bicyclic) bond motifs is 1. The van der Waals surface area contributed by atoms with Crippen molar-refractivity contribution in [3.8, 4) is 0 Å². The van der Waals surface area contributed by atoms with E-state index in [1.165, 1.54) is 17.0 Å². The normalized spacial score (nSPS) is 19.3. The van der Waals surface area contributed by atoms with Crippen LogP contribution in [0.1, 0.15) is 54.3 Å². The van der Waals surface area contributed by atoms with E-state index in [0.29, 0.717) is 18.0 Å². The number of hydrogen-bond acceptors (Lipinski definition) is 7. The van der Waals surface area contributed by atoms with E-state index in [1.54, 1.807) is 32.9 Å². The lowest BCUT2D eigenvalue weighted by atomic mass is 9.97. The maximum Gasteiger partial charge on any atom is 0.345 e. The summed E-state index contributed by atoms with van der Waals surface area (Å²) >= 11 is 0. The van der Waals surface area contributed by atoms with Crippen LogP contribution in [0.25, 0.3) is 0 Å². The number of esters is 1. The van der Waals surface area contributed by atoms with Gasteiger partial charge in [-0.05, 0) is 45.7 Å². The highest BCUT2D eigenvalue weighted by molar-refractivity contribution is 6.21. The molecule has 1 aromatic carbocycles. The monoisotopic (exact) mass is 402 g/mol. The lowest BCUT2D eigenvalue weighted by molar-refractivity contribution is -0.179. The molecule has 9 heteroatoms. The van der Waals surface area contributed by atoms with E-state index in [9.17, 15) is 24.0 Å². The number of rotatable bonds is 4. The van der Waals surface area contributed by atoms with Crippen LogP contribution in [-0.4, -0.2) is 58.3 Å². The molecule has 9 nitrogen and oxygen atoms in total. The van der Waals surface area contributed by atoms with Gasteiger partial charge >= 0.3 is 11.9 Å². The molecule has 0 aromatic heterocycles. The molecular weight excluding hydrogens is 380 g/mol. The number of ether oxygens (including phenoxy) is 1. The molecular formula is C20H22N2O7. The molecule has 0 N–H and O–H groups in total. The average Bonchev–Trinajstić information content (AvgIpc) is 2.87. The highest BCUT2D eigenvalue weighted by Gasteiger charge is 2.43. The highest BCUT2D eigenvalue weighted by atomic mass is 16.7. The Labute approximate surface area is 167 Å². The van der Waals surface area contributed by atoms with Crippen molar-refractivity contribution >= 4 is 29.7 Å². The zero-order valence-corrected chi connectivity index (χ0v) is 16.5. The fourth-order valence-corrected chi connectivity index (χ4v) is 3.25. The number of hydroxylamine groups is 2. The molecule has 2 heterocycles. The largest absolute Gasteiger partial charge is 0.459 e. The molecule has 2 aliphatic rings. The summed E-state index contributed by atoms with van der Waals surface area (Å²) in [5.74, 6) is -4.89. The minimum atomic E-state index is -1.20. The lowest BCUT2D eigenvalue weighted by Crippen LogP contribution is -2.48. The van der Waals surface area contributed by atoms with Crippen molar-refractivity contribution in [1.29, 1.82) is 0 Å². The average molecular weight is 402 g/mol. The van der Waals surface area contributed by atoms with Crippen molar-refractivity contribution in [2.24, 2.45) is 5.92 Å². The molecule has 0 bridgehead atoms. The predicted molar refractivity (Wildman–Crippen MR) is 98.2 cm³/mol. The van der Waals surface area contributed by atoms with Gasteiger partial charge in [0.15, 0.2) is 0 Å². The van der Waals surface area contributed by atoms with Gasteiger partial charge in [0.05, 0.1) is 11.1 Å². The molecule has 1 saturated heterocycles. The first-order chi connectivity index (χ1) is 13.6. The first-order valence-corrected chi connectivity index (χ1v) is 9.29. The zero-order valence-electron chi connectivity index (χ0n) is 16.5. The summed E-state index contributed by atoms with van der Waals surface area (Å²) in [6, 6.07) is 6.10. The number of carbonyl (C=O) groups is 5. The Kier molecular flexibility index (Phi) is 5.41. The third kappa shape index (κ3) is 4.28. The van der Waals surface area contributed by atoms with Gasteiger partial charge in [-0.2, -0.15) is 0 Å². The van der Waals surface area contributed by atoms with Gasteiger partial charge in [-0.15, -0.1) is 0 Å². The van der Waals surface area contributed by atoms with Crippen LogP contribution in [0.4, 0.5) is 0 Å². The van der Waals surface area contributed by atoms with Gasteiger partial charge in [0.1, 0.15) is 18.1 Å². The summed E-state index contributed by atoms with van der Waals surface area (Å²) in [4.78, 5) is 68.1. The summed E-state index contributed by atoms with van der Waals surface area (Å²) in [5, 5.41) is 0.382. The Morgan fingerprint density at radius 3 is 2.21 bits per heavy atom. The number of carbonyl (C=O) groups excluding carboxylic acids is 5. The third-order valence-electron chi connectivity index (χ3n) is 4.49. The number of hydrogen-bond donors (Lipinski definition) is 0. The number of benzene rings is 1. The number of nitrogens with zero attached hydrogens (tertiary/aromatic N) is 2. The highest BCUT2D eigenvalue weighted by Crippen LogP contribution is 2.25. The van der Waals surface area contributed by atoms with Crippen LogP contribution in [0.15, 0.2) is 24.3 Å². The van der Waals surface area contributed by atoms with Gasteiger partial charge in [-0.25, -0.2) is 4.79 Å². The maximum atomic E-state index is 12.7. The van der Waals surface area contributed by atoms with E-state index in [4.69, 9.17) is 9.57 Å². The van der Waals surface area contributed by atoms with Crippen molar-refractivity contribution in [1.82, 2.24) is 9.96 Å². The Morgan fingerprint density at radius 1 is 1.07 bits per heavy atom. The number of piperidine rings is 1. The van der Waals surface area contributed by atoms with Gasteiger partial charge < -0.3 is 14.5 Å². The molecule has 1 unspecified atom stereocenters. The maximum absolute atomic E-state index is 12.7. The van der Waals surface area contributed by atoms with Crippen LogP contribution >= 0.6 is 0 Å². The molecule has 3 rings (SSSR count). The Morgan fingerprint density at radius 2 is 1.66 bits per heavy atom. The number of imide groups is 1. The SMILES string of the molecule is CC(C)(C)OC(=O)CN1CCCC(C(=O)ON2C(=O)c3ccccc3C2=O)C1=O. The first-order valence-electron chi connectivity index (χ1n) is 9.29. The number of amides is 3. The lowest BCUT2D eigenvalue weighted by Gasteiger charge is -2.31. The second-order valence-corrected chi connectivity index (χ2v) is 7.90. The van der Waals surface area contributed by atoms with Gasteiger partial charge in [0.2, 0.25) is 5.91 Å². The molecule has 1 fully saturated rings. The van der Waals surface area contributed by atoms with E-state index < -0.39 is 41.2 Å². The molecule has 1 atom stereocenters. The van der Waals surface area contributed by atoms with Gasteiger partial charge in [-0.1, -0.05) is 17.2 Å². The zero-order chi connectivity index (χ0) is 21.3. The van der Waals surface area contributed by atoms with Crippen LogP contribution < -0.4 is 0 Å². The molecule has 2 aliphatic heterocycles. The quantitative estimate of drug-likeness (QED) is 0.424. The molecule has 1 aromatic rings. The van der Waals surface area contributed by atoms with E-state index in [-0.39, 0.29) is 24.1 Å². The molecule has 0 spiro atoms. The summed E-state index contributed by atoms with van der Waals surface area (Å²) < 4.78 is 5.21. The van der Waals surface area contributed by atoms with E-state index in [0.717, 1.165) is 0 Å². The van der Waals surface area contributed by atoms with Crippen LogP contribution in [0.3, 0.4) is 0 Å². The minimum absolute atomic E-state index is 0.131. The van der Waals surface area contributed by atoms with E-state index in [1.807, 2.05) is 0 Å². The first kappa shape index (κ1) is 20.5. The Hall–Kier alpha value is -3.23. The fraction of sp³-hybridized carbons (Fsp3) is 0.450. The van der Waals surface area contributed by atoms with Crippen molar-refractivity contribution in [2.75, 3.05) is 13.1 Å². The summed E-state index contributed by atoms with van der Waals surface area (Å²) in [5.41, 5.74) is -0.432. The molecule has 0 aliphatic carbocycles. The smallest absolute Gasteiger partial charge is 0.345 e. The van der Waals surface area contributed by atoms with Crippen LogP contribution in [0.2, 0.25) is 0 Å². The minimum Gasteiger partial charge on any atom is -0.459 e. The van der Waals surface area contributed by atoms with Gasteiger partial charge in [-0.3, -0.25) is 19.2 Å². The Balaban J connectivity index is 1.65. The Bertz CT molecular complexity index is 852. The molecule has 0 radical (unpaired) electrons. The predicted octanol–water partition coefficient (Wildman–Crippen LogP) is 1.32. The molecule has 0 saturated carbocycles. The van der Waals surface area contributed by atoms with Gasteiger partial charge in [0, 0.05) is 6.54 Å². The van der Waals surface area contributed by atoms with Gasteiger partial charge in [0.25, 0.3) is 11.8 Å². The van der Waals surface area contributed by atoms with E-state index in [2.05, 4.69) is 0 Å². The standard InChI is InChI=1S/C20H22N2O7/c1-20(2,3)28-15(23)11-21-10-6-9-14(16(21)24)19(27)29-22-17(25)12-7-4-5-8-13(12)18(22)26/h4-5,7-8,14H,6,9-11H2,1-3H3. The van der Waals surface area contributed by atoms with Crippen LogP contribution in [0, 0.1) is 5.92 Å². The summed E-state index contributed by atoms with van der Waals surface area (Å²) in [6.07, 6.45) is 0.669. The van der Waals surface area contributed by atoms with E-state index >= 15 is 0 Å². The molecule has 3 amide bonds. The van der Waals surface area contributed by atoms with Crippen molar-refractivity contribution < 1.29 is 33.5 Å². The van der Waals surface area contributed by atoms with Crippen molar-refractivity contribution in [3.63, 3.8) is 0 Å². The van der Waals surface area contributed by atoms with Crippen molar-refractivity contribution in [3.05, 3.63) is 35.4 Å². The van der Waals surface area contributed by atoms with Crippen LogP contribution in [-0.2, 0) is 24.0 Å².